The number of halogens is 1. The van der Waals surface area contributed by atoms with Crippen molar-refractivity contribution in [2.75, 3.05) is 0 Å². The van der Waals surface area contributed by atoms with Gasteiger partial charge in [-0.05, 0) is 24.3 Å². The van der Waals surface area contributed by atoms with Gasteiger partial charge in [0.25, 0.3) is 0 Å². The maximum Gasteiger partial charge on any atom is 0.358 e. The zero-order valence-electron chi connectivity index (χ0n) is 15.2. The second-order valence-electron chi connectivity index (χ2n) is 5.99. The van der Waals surface area contributed by atoms with E-state index in [0.717, 1.165) is 10.6 Å². The Morgan fingerprint density at radius 2 is 1.97 bits per heavy atom. The fourth-order valence-electron chi connectivity index (χ4n) is 2.40. The average molecular weight is 430 g/mol. The number of nitrogens with zero attached hydrogens (tertiary/aromatic N) is 4. The molecule has 0 amide bonds. The SMILES string of the molecule is Cn1cc(-c2nc(C(=O)OCc3csc(COc4ccc(F)cc4)n3)cs2)cn1. The third-order valence-corrected chi connectivity index (χ3v) is 5.55. The van der Waals surface area contributed by atoms with Crippen LogP contribution in [-0.4, -0.2) is 25.7 Å². The van der Waals surface area contributed by atoms with Gasteiger partial charge in [-0.3, -0.25) is 4.68 Å². The van der Waals surface area contributed by atoms with Crippen LogP contribution in [-0.2, 0) is 25.0 Å². The summed E-state index contributed by atoms with van der Waals surface area (Å²) in [5, 5.41) is 9.00. The molecule has 3 heterocycles. The Hall–Kier alpha value is -3.11. The van der Waals surface area contributed by atoms with Crippen LogP contribution in [0.5, 0.6) is 5.75 Å². The highest BCUT2D eigenvalue weighted by Gasteiger charge is 2.15. The van der Waals surface area contributed by atoms with Gasteiger partial charge >= 0.3 is 5.97 Å². The predicted octanol–water partition coefficient (Wildman–Crippen LogP) is 4.08. The summed E-state index contributed by atoms with van der Waals surface area (Å²) in [6.45, 7) is 0.302. The van der Waals surface area contributed by atoms with E-state index in [1.807, 2.05) is 13.2 Å². The van der Waals surface area contributed by atoms with Crippen LogP contribution in [0.2, 0.25) is 0 Å². The number of thiazole rings is 2. The molecule has 1 aromatic carbocycles. The van der Waals surface area contributed by atoms with Crippen LogP contribution >= 0.6 is 22.7 Å². The molecule has 0 saturated carbocycles. The zero-order chi connectivity index (χ0) is 20.2. The van der Waals surface area contributed by atoms with Gasteiger partial charge in [0.15, 0.2) is 5.69 Å². The van der Waals surface area contributed by atoms with Crippen molar-refractivity contribution >= 4 is 28.6 Å². The lowest BCUT2D eigenvalue weighted by molar-refractivity contribution is 0.0462. The Morgan fingerprint density at radius 1 is 1.14 bits per heavy atom. The Labute approximate surface area is 173 Å². The summed E-state index contributed by atoms with van der Waals surface area (Å²) >= 11 is 2.76. The van der Waals surface area contributed by atoms with Gasteiger partial charge in [-0.1, -0.05) is 0 Å². The lowest BCUT2D eigenvalue weighted by atomic mass is 10.3. The fraction of sp³-hybridized carbons (Fsp3) is 0.158. The van der Waals surface area contributed by atoms with Gasteiger partial charge in [0, 0.05) is 29.6 Å². The molecule has 148 valence electrons. The number of aromatic nitrogens is 4. The number of carbonyl (C=O) groups is 1. The summed E-state index contributed by atoms with van der Waals surface area (Å²) in [5.41, 5.74) is 1.73. The Bertz CT molecular complexity index is 1120. The Balaban J connectivity index is 1.29. The fourth-order valence-corrected chi connectivity index (χ4v) is 3.86. The summed E-state index contributed by atoms with van der Waals surface area (Å²) in [6.07, 6.45) is 3.53. The number of esters is 1. The molecule has 0 bridgehead atoms. The molecule has 4 rings (SSSR count). The molecule has 0 aliphatic rings. The molecule has 0 atom stereocenters. The molecule has 0 aliphatic heterocycles. The summed E-state index contributed by atoms with van der Waals surface area (Å²) < 4.78 is 25.4. The number of benzene rings is 1. The highest BCUT2D eigenvalue weighted by molar-refractivity contribution is 7.13. The minimum atomic E-state index is -0.506. The normalized spacial score (nSPS) is 10.8. The monoisotopic (exact) mass is 430 g/mol. The molecular formula is C19H15FN4O3S2. The van der Waals surface area contributed by atoms with E-state index < -0.39 is 5.97 Å². The Morgan fingerprint density at radius 3 is 2.72 bits per heavy atom. The van der Waals surface area contributed by atoms with Crippen molar-refractivity contribution in [3.05, 3.63) is 69.6 Å². The van der Waals surface area contributed by atoms with Crippen LogP contribution < -0.4 is 4.74 Å². The van der Waals surface area contributed by atoms with Crippen molar-refractivity contribution in [1.29, 1.82) is 0 Å². The van der Waals surface area contributed by atoms with Gasteiger partial charge in [-0.2, -0.15) is 5.10 Å². The minimum absolute atomic E-state index is 0.0473. The summed E-state index contributed by atoms with van der Waals surface area (Å²) in [7, 11) is 1.82. The molecule has 0 N–H and O–H groups in total. The van der Waals surface area contributed by atoms with Crippen molar-refractivity contribution < 1.29 is 18.7 Å². The largest absolute Gasteiger partial charge is 0.486 e. The van der Waals surface area contributed by atoms with E-state index in [4.69, 9.17) is 9.47 Å². The topological polar surface area (TPSA) is 79.1 Å². The first kappa shape index (κ1) is 19.2. The second kappa shape index (κ2) is 8.50. The molecule has 4 aromatic rings. The van der Waals surface area contributed by atoms with E-state index in [2.05, 4.69) is 15.1 Å². The van der Waals surface area contributed by atoms with Crippen LogP contribution in [0.4, 0.5) is 4.39 Å². The molecule has 0 fully saturated rings. The van der Waals surface area contributed by atoms with Gasteiger partial charge < -0.3 is 9.47 Å². The van der Waals surface area contributed by atoms with Crippen molar-refractivity contribution in [3.63, 3.8) is 0 Å². The maximum atomic E-state index is 12.9. The van der Waals surface area contributed by atoms with Crippen LogP contribution in [0.1, 0.15) is 21.2 Å². The second-order valence-corrected chi connectivity index (χ2v) is 7.79. The number of rotatable bonds is 7. The number of carbonyl (C=O) groups excluding carboxylic acids is 1. The van der Waals surface area contributed by atoms with Gasteiger partial charge in [0.1, 0.15) is 34.8 Å². The van der Waals surface area contributed by atoms with E-state index in [-0.39, 0.29) is 24.7 Å². The average Bonchev–Trinajstić information content (AvgIpc) is 3.46. The maximum absolute atomic E-state index is 12.9. The van der Waals surface area contributed by atoms with Crippen molar-refractivity contribution in [1.82, 2.24) is 19.7 Å². The summed E-state index contributed by atoms with van der Waals surface area (Å²) in [6, 6.07) is 5.78. The first-order valence-corrected chi connectivity index (χ1v) is 10.3. The van der Waals surface area contributed by atoms with Gasteiger partial charge in [0.2, 0.25) is 0 Å². The molecule has 0 spiro atoms. The molecule has 0 saturated heterocycles. The van der Waals surface area contributed by atoms with Gasteiger partial charge in [-0.15, -0.1) is 22.7 Å². The molecule has 0 radical (unpaired) electrons. The highest BCUT2D eigenvalue weighted by atomic mass is 32.1. The van der Waals surface area contributed by atoms with Crippen LogP contribution in [0.3, 0.4) is 0 Å². The number of ether oxygens (including phenoxy) is 2. The lowest BCUT2D eigenvalue weighted by Gasteiger charge is -2.03. The third kappa shape index (κ3) is 4.84. The molecule has 10 heteroatoms. The number of aryl methyl sites for hydroxylation is 1. The zero-order valence-corrected chi connectivity index (χ0v) is 16.9. The highest BCUT2D eigenvalue weighted by Crippen LogP contribution is 2.23. The van der Waals surface area contributed by atoms with Crippen molar-refractivity contribution in [2.45, 2.75) is 13.2 Å². The molecule has 0 aliphatic carbocycles. The molecule has 29 heavy (non-hydrogen) atoms. The quantitative estimate of drug-likeness (QED) is 0.411. The molecule has 7 nitrogen and oxygen atoms in total. The third-order valence-electron chi connectivity index (χ3n) is 3.79. The van der Waals surface area contributed by atoms with Gasteiger partial charge in [0.05, 0.1) is 11.9 Å². The van der Waals surface area contributed by atoms with Crippen molar-refractivity contribution in [2.24, 2.45) is 7.05 Å². The first-order valence-electron chi connectivity index (χ1n) is 8.50. The van der Waals surface area contributed by atoms with Crippen LogP contribution in [0.15, 0.2) is 47.4 Å². The molecule has 3 aromatic heterocycles. The van der Waals surface area contributed by atoms with E-state index in [9.17, 15) is 9.18 Å². The van der Waals surface area contributed by atoms with Crippen molar-refractivity contribution in [3.8, 4) is 16.3 Å². The first-order chi connectivity index (χ1) is 14.1. The number of hydrogen-bond acceptors (Lipinski definition) is 8. The molecular weight excluding hydrogens is 415 g/mol. The number of hydrogen-bond donors (Lipinski definition) is 0. The molecule has 0 unspecified atom stereocenters. The lowest BCUT2D eigenvalue weighted by Crippen LogP contribution is -2.06. The minimum Gasteiger partial charge on any atom is -0.486 e. The summed E-state index contributed by atoms with van der Waals surface area (Å²) in [4.78, 5) is 20.9. The van der Waals surface area contributed by atoms with Crippen LogP contribution in [0.25, 0.3) is 10.6 Å². The van der Waals surface area contributed by atoms with E-state index in [1.165, 1.54) is 34.8 Å². The Kier molecular flexibility index (Phi) is 5.63. The predicted molar refractivity (Wildman–Crippen MR) is 106 cm³/mol. The smallest absolute Gasteiger partial charge is 0.358 e. The summed E-state index contributed by atoms with van der Waals surface area (Å²) in [5.74, 6) is -0.264. The van der Waals surface area contributed by atoms with Gasteiger partial charge in [-0.25, -0.2) is 19.2 Å². The van der Waals surface area contributed by atoms with E-state index in [1.54, 1.807) is 33.8 Å². The van der Waals surface area contributed by atoms with Crippen LogP contribution in [0, 0.1) is 5.82 Å². The standard InChI is InChI=1S/C19H15FN4O3S2/c1-24-7-12(6-21-24)18-23-16(11-29-18)19(25)27-8-14-10-28-17(22-14)9-26-15-4-2-13(20)3-5-15/h2-7,10-11H,8-9H2,1H3. The van der Waals surface area contributed by atoms with E-state index in [0.29, 0.717) is 16.5 Å². The van der Waals surface area contributed by atoms with E-state index >= 15 is 0 Å².